The highest BCUT2D eigenvalue weighted by Crippen LogP contribution is 2.39. The lowest BCUT2D eigenvalue weighted by molar-refractivity contribution is 0.403. The van der Waals surface area contributed by atoms with E-state index in [1.54, 1.807) is 7.11 Å². The van der Waals surface area contributed by atoms with Crippen LogP contribution in [-0.2, 0) is 0 Å². The molecule has 3 aromatic carbocycles. The molecule has 1 N–H and O–H groups in total. The highest BCUT2D eigenvalue weighted by atomic mass is 32.1. The second-order valence-corrected chi connectivity index (χ2v) is 9.44. The summed E-state index contributed by atoms with van der Waals surface area (Å²) >= 11 is 5.88. The first-order valence-corrected chi connectivity index (χ1v) is 12.2. The molecule has 0 saturated carbocycles. The van der Waals surface area contributed by atoms with Crippen LogP contribution in [0.5, 0.6) is 5.75 Å². The van der Waals surface area contributed by atoms with Crippen LogP contribution < -0.4 is 15.0 Å². The molecule has 5 rings (SSSR count). The number of thiocarbonyl (C=S) groups is 1. The molecule has 0 bridgehead atoms. The van der Waals surface area contributed by atoms with E-state index in [0.29, 0.717) is 16.8 Å². The van der Waals surface area contributed by atoms with E-state index in [1.165, 1.54) is 11.1 Å². The number of benzene rings is 3. The molecule has 0 fully saturated rings. The maximum atomic E-state index is 5.88. The Morgan fingerprint density at radius 1 is 0.944 bits per heavy atom. The number of rotatable bonds is 5. The van der Waals surface area contributed by atoms with E-state index in [9.17, 15) is 0 Å². The molecular formula is C29H28N4O2S. The largest absolute Gasteiger partial charge is 0.497 e. The summed E-state index contributed by atoms with van der Waals surface area (Å²) in [5.74, 6) is 1.68. The number of anilines is 1. The summed E-state index contributed by atoms with van der Waals surface area (Å²) in [5, 5.41) is 8.48. The maximum Gasteiger partial charge on any atom is 0.258 e. The lowest BCUT2D eigenvalue weighted by Gasteiger charge is -2.37. The van der Waals surface area contributed by atoms with E-state index in [4.69, 9.17) is 26.5 Å². The Morgan fingerprint density at radius 2 is 1.75 bits per heavy atom. The van der Waals surface area contributed by atoms with Crippen molar-refractivity contribution in [3.05, 3.63) is 101 Å². The molecule has 6 nitrogen and oxygen atoms in total. The van der Waals surface area contributed by atoms with Gasteiger partial charge in [0.1, 0.15) is 5.75 Å². The maximum absolute atomic E-state index is 5.88. The molecule has 1 aliphatic rings. The highest BCUT2D eigenvalue weighted by Gasteiger charge is 2.35. The van der Waals surface area contributed by atoms with E-state index in [0.717, 1.165) is 39.4 Å². The third-order valence-electron chi connectivity index (χ3n) is 6.59. The molecule has 1 aromatic heterocycles. The molecule has 0 radical (unpaired) electrons. The Kier molecular flexibility index (Phi) is 6.33. The number of nitrogens with zero attached hydrogens (tertiary/aromatic N) is 3. The summed E-state index contributed by atoms with van der Waals surface area (Å²) in [6.45, 7) is 8.34. The zero-order chi connectivity index (χ0) is 25.4. The van der Waals surface area contributed by atoms with Gasteiger partial charge in [-0.15, -0.1) is 0 Å². The van der Waals surface area contributed by atoms with Crippen LogP contribution in [0, 0.1) is 20.8 Å². The molecular weight excluding hydrogens is 468 g/mol. The highest BCUT2D eigenvalue weighted by molar-refractivity contribution is 7.80. The van der Waals surface area contributed by atoms with Crippen LogP contribution in [0.15, 0.2) is 77.0 Å². The van der Waals surface area contributed by atoms with Gasteiger partial charge in [-0.1, -0.05) is 47.6 Å². The Bertz CT molecular complexity index is 1490. The molecule has 182 valence electrons. The molecule has 1 aliphatic heterocycles. The lowest BCUT2D eigenvalue weighted by Crippen LogP contribution is -2.46. The van der Waals surface area contributed by atoms with Gasteiger partial charge in [-0.25, -0.2) is 0 Å². The van der Waals surface area contributed by atoms with Gasteiger partial charge >= 0.3 is 0 Å². The van der Waals surface area contributed by atoms with Gasteiger partial charge in [-0.2, -0.15) is 4.98 Å². The van der Waals surface area contributed by atoms with Gasteiger partial charge in [0.2, 0.25) is 5.82 Å². The molecule has 36 heavy (non-hydrogen) atoms. The van der Waals surface area contributed by atoms with Crippen molar-refractivity contribution in [1.82, 2.24) is 15.5 Å². The normalized spacial score (nSPS) is 15.8. The van der Waals surface area contributed by atoms with Crippen molar-refractivity contribution in [3.8, 4) is 17.1 Å². The van der Waals surface area contributed by atoms with E-state index in [2.05, 4.69) is 61.6 Å². The van der Waals surface area contributed by atoms with Crippen molar-refractivity contribution in [1.29, 1.82) is 0 Å². The molecule has 7 heteroatoms. The van der Waals surface area contributed by atoms with Crippen LogP contribution >= 0.6 is 12.2 Å². The lowest BCUT2D eigenvalue weighted by atomic mass is 9.92. The number of hydrogen-bond acceptors (Lipinski definition) is 5. The van der Waals surface area contributed by atoms with E-state index >= 15 is 0 Å². The fourth-order valence-corrected chi connectivity index (χ4v) is 4.86. The topological polar surface area (TPSA) is 63.4 Å². The fraction of sp³-hybridized carbons (Fsp3) is 0.207. The van der Waals surface area contributed by atoms with Gasteiger partial charge in [-0.05, 0) is 86.4 Å². The number of nitrogens with one attached hydrogen (secondary N) is 1. The van der Waals surface area contributed by atoms with Gasteiger partial charge in [0.05, 0.1) is 18.7 Å². The van der Waals surface area contributed by atoms with E-state index in [1.807, 2.05) is 48.2 Å². The summed E-state index contributed by atoms with van der Waals surface area (Å²) in [6.07, 6.45) is 0. The van der Waals surface area contributed by atoms with Crippen LogP contribution in [0.3, 0.4) is 0 Å². The Labute approximate surface area is 216 Å². The van der Waals surface area contributed by atoms with Crippen LogP contribution in [0.1, 0.15) is 41.1 Å². The average molecular weight is 497 g/mol. The number of aryl methyl sites for hydroxylation is 3. The molecule has 2 heterocycles. The van der Waals surface area contributed by atoms with E-state index in [-0.39, 0.29) is 6.04 Å². The molecule has 0 amide bonds. The summed E-state index contributed by atoms with van der Waals surface area (Å²) in [6, 6.07) is 22.1. The smallest absolute Gasteiger partial charge is 0.258 e. The first-order chi connectivity index (χ1) is 17.4. The Hall–Kier alpha value is -3.97. The standard InChI is InChI=1S/C29H28N4O2S/c1-17-8-6-10-23(14-17)33-20(4)25(26(30-29(33)36)21-13-12-18(2)19(3)15-21)28-31-27(32-35-28)22-9-7-11-24(16-22)34-5/h6-16,26H,1-5H3,(H,30,36). The monoisotopic (exact) mass is 496 g/mol. The van der Waals surface area contributed by atoms with Crippen molar-refractivity contribution >= 4 is 28.6 Å². The number of ether oxygens (including phenoxy) is 1. The third kappa shape index (κ3) is 4.38. The molecule has 0 saturated heterocycles. The first-order valence-electron chi connectivity index (χ1n) is 11.8. The Morgan fingerprint density at radius 3 is 2.50 bits per heavy atom. The predicted molar refractivity (Wildman–Crippen MR) is 147 cm³/mol. The van der Waals surface area contributed by atoms with Crippen LogP contribution in [0.4, 0.5) is 5.69 Å². The first kappa shape index (κ1) is 23.8. The zero-order valence-electron chi connectivity index (χ0n) is 21.0. The predicted octanol–water partition coefficient (Wildman–Crippen LogP) is 6.54. The van der Waals surface area contributed by atoms with Crippen LogP contribution in [0.25, 0.3) is 17.0 Å². The van der Waals surface area contributed by atoms with Crippen molar-refractivity contribution in [3.63, 3.8) is 0 Å². The zero-order valence-corrected chi connectivity index (χ0v) is 21.8. The van der Waals surface area contributed by atoms with Gasteiger partial charge in [-0.3, -0.25) is 4.90 Å². The Balaban J connectivity index is 1.66. The quantitative estimate of drug-likeness (QED) is 0.315. The molecule has 0 spiro atoms. The minimum atomic E-state index is -0.239. The number of allylic oxidation sites excluding steroid dienone is 1. The number of hydrogen-bond donors (Lipinski definition) is 1. The van der Waals surface area contributed by atoms with E-state index < -0.39 is 0 Å². The van der Waals surface area contributed by atoms with Crippen LogP contribution in [-0.4, -0.2) is 22.4 Å². The van der Waals surface area contributed by atoms with Crippen molar-refractivity contribution in [2.45, 2.75) is 33.7 Å². The fourth-order valence-electron chi connectivity index (χ4n) is 4.50. The number of aromatic nitrogens is 2. The summed E-state index contributed by atoms with van der Waals surface area (Å²) in [5.41, 5.74) is 8.30. The van der Waals surface area contributed by atoms with Gasteiger partial charge in [0.25, 0.3) is 5.89 Å². The second-order valence-electron chi connectivity index (χ2n) is 9.05. The number of methoxy groups -OCH3 is 1. The van der Waals surface area contributed by atoms with Crippen molar-refractivity contribution < 1.29 is 9.26 Å². The third-order valence-corrected chi connectivity index (χ3v) is 6.89. The van der Waals surface area contributed by atoms with Gasteiger partial charge in [0, 0.05) is 16.9 Å². The minimum Gasteiger partial charge on any atom is -0.497 e. The second kappa shape index (κ2) is 9.59. The minimum absolute atomic E-state index is 0.239. The summed E-state index contributed by atoms with van der Waals surface area (Å²) < 4.78 is 11.3. The summed E-state index contributed by atoms with van der Waals surface area (Å²) in [4.78, 5) is 6.85. The molecule has 1 atom stereocenters. The van der Waals surface area contributed by atoms with Gasteiger partial charge < -0.3 is 14.6 Å². The molecule has 0 aliphatic carbocycles. The SMILES string of the molecule is COc1cccc(-c2noc(C3=C(C)N(c4cccc(C)c4)C(=S)NC3c3ccc(C)c(C)c3)n2)c1. The molecule has 4 aromatic rings. The van der Waals surface area contributed by atoms with Crippen LogP contribution in [0.2, 0.25) is 0 Å². The van der Waals surface area contributed by atoms with Crippen molar-refractivity contribution in [2.24, 2.45) is 0 Å². The average Bonchev–Trinajstić information content (AvgIpc) is 3.35. The van der Waals surface area contributed by atoms with Gasteiger partial charge in [0.15, 0.2) is 5.11 Å². The van der Waals surface area contributed by atoms with Crippen molar-refractivity contribution in [2.75, 3.05) is 12.0 Å². The molecule has 1 unspecified atom stereocenters. The summed E-state index contributed by atoms with van der Waals surface area (Å²) in [7, 11) is 1.64.